The second kappa shape index (κ2) is 5.98. The largest absolute Gasteiger partial charge is 0.417 e. The van der Waals surface area contributed by atoms with Gasteiger partial charge < -0.3 is 5.43 Å². The number of para-hydroxylation sites is 1. The number of fused-ring (bicyclic) bond motifs is 1. The van der Waals surface area contributed by atoms with Crippen molar-refractivity contribution in [1.82, 2.24) is 5.43 Å². The summed E-state index contributed by atoms with van der Waals surface area (Å²) < 4.78 is 39.9. The maximum absolute atomic E-state index is 13.1. The van der Waals surface area contributed by atoms with Crippen molar-refractivity contribution in [1.29, 1.82) is 0 Å². The zero-order valence-corrected chi connectivity index (χ0v) is 12.3. The van der Waals surface area contributed by atoms with Gasteiger partial charge in [0.25, 0.3) is 0 Å². The predicted octanol–water partition coefficient (Wildman–Crippen LogP) is 5.04. The van der Waals surface area contributed by atoms with Crippen LogP contribution in [0, 0.1) is 0 Å². The monoisotopic (exact) mass is 322 g/mol. The minimum absolute atomic E-state index is 0.280. The molecule has 2 aromatic carbocycles. The van der Waals surface area contributed by atoms with Crippen molar-refractivity contribution in [3.8, 4) is 0 Å². The summed E-state index contributed by atoms with van der Waals surface area (Å²) >= 11 is 1.12. The molecule has 2 N–H and O–H groups in total. The lowest BCUT2D eigenvalue weighted by Crippen LogP contribution is -2.21. The molecule has 0 aliphatic carbocycles. The Morgan fingerprint density at radius 2 is 1.73 bits per heavy atom. The van der Waals surface area contributed by atoms with E-state index in [1.54, 1.807) is 18.2 Å². The Hall–Kier alpha value is -2.05. The zero-order chi connectivity index (χ0) is 15.6. The summed E-state index contributed by atoms with van der Waals surface area (Å²) in [5.41, 5.74) is 6.86. The molecule has 2 nitrogen and oxygen atoms in total. The molecule has 0 saturated heterocycles. The average Bonchev–Trinajstić information content (AvgIpc) is 2.93. The van der Waals surface area contributed by atoms with Crippen LogP contribution < -0.4 is 10.9 Å². The maximum atomic E-state index is 13.1. The fourth-order valence-electron chi connectivity index (χ4n) is 2.28. The standard InChI is InChI=1S/C16H13F3N2S/c17-16(18,19)13-10-22-14-8-4-5-11(15(13)14)9-20-21-12-6-2-1-3-7-12/h1-8,10,20-21H,9H2. The lowest BCUT2D eigenvalue weighted by atomic mass is 10.1. The van der Waals surface area contributed by atoms with E-state index in [-0.39, 0.29) is 5.39 Å². The van der Waals surface area contributed by atoms with Crippen LogP contribution in [0.5, 0.6) is 0 Å². The van der Waals surface area contributed by atoms with Crippen LogP contribution in [0.1, 0.15) is 11.1 Å². The highest BCUT2D eigenvalue weighted by atomic mass is 32.1. The SMILES string of the molecule is FC(F)(F)c1csc2cccc(CNNc3ccccc3)c12. The normalized spacial score (nSPS) is 11.8. The van der Waals surface area contributed by atoms with Gasteiger partial charge in [0, 0.05) is 27.7 Å². The van der Waals surface area contributed by atoms with Crippen molar-refractivity contribution in [2.45, 2.75) is 12.7 Å². The first-order valence-electron chi connectivity index (χ1n) is 6.66. The molecule has 0 aliphatic rings. The summed E-state index contributed by atoms with van der Waals surface area (Å²) in [7, 11) is 0. The van der Waals surface area contributed by atoms with Crippen molar-refractivity contribution >= 4 is 27.1 Å². The van der Waals surface area contributed by atoms with Gasteiger partial charge >= 0.3 is 6.18 Å². The molecule has 1 heterocycles. The molecule has 0 unspecified atom stereocenters. The molecule has 0 radical (unpaired) electrons. The Morgan fingerprint density at radius 3 is 2.45 bits per heavy atom. The van der Waals surface area contributed by atoms with Gasteiger partial charge in [0.1, 0.15) is 0 Å². The van der Waals surface area contributed by atoms with Crippen molar-refractivity contribution in [3.05, 3.63) is 65.0 Å². The van der Waals surface area contributed by atoms with Crippen LogP contribution in [-0.2, 0) is 12.7 Å². The first-order valence-corrected chi connectivity index (χ1v) is 7.54. The molecule has 1 aromatic heterocycles. The molecule has 0 fully saturated rings. The van der Waals surface area contributed by atoms with Gasteiger partial charge in [0.05, 0.1) is 5.56 Å². The highest BCUT2D eigenvalue weighted by Gasteiger charge is 2.34. The fraction of sp³-hybridized carbons (Fsp3) is 0.125. The zero-order valence-electron chi connectivity index (χ0n) is 11.4. The number of nitrogens with one attached hydrogen (secondary N) is 2. The van der Waals surface area contributed by atoms with Crippen LogP contribution in [-0.4, -0.2) is 0 Å². The molecule has 114 valence electrons. The molecule has 0 atom stereocenters. The topological polar surface area (TPSA) is 24.1 Å². The summed E-state index contributed by atoms with van der Waals surface area (Å²) in [5.74, 6) is 0. The molecular formula is C16H13F3N2S. The van der Waals surface area contributed by atoms with Crippen molar-refractivity contribution in [3.63, 3.8) is 0 Å². The van der Waals surface area contributed by atoms with Crippen LogP contribution in [0.4, 0.5) is 18.9 Å². The first kappa shape index (κ1) is 14.9. The van der Waals surface area contributed by atoms with E-state index in [1.807, 2.05) is 30.3 Å². The number of hydrogen-bond donors (Lipinski definition) is 2. The molecule has 0 saturated carbocycles. The average molecular weight is 322 g/mol. The molecular weight excluding hydrogens is 309 g/mol. The van der Waals surface area contributed by atoms with Gasteiger partial charge in [-0.15, -0.1) is 11.3 Å². The number of hydrogen-bond acceptors (Lipinski definition) is 3. The third-order valence-electron chi connectivity index (χ3n) is 3.28. The second-order valence-electron chi connectivity index (χ2n) is 4.78. The van der Waals surface area contributed by atoms with Crippen LogP contribution in [0.25, 0.3) is 10.1 Å². The van der Waals surface area contributed by atoms with E-state index in [9.17, 15) is 13.2 Å². The van der Waals surface area contributed by atoms with Crippen LogP contribution in [0.3, 0.4) is 0 Å². The van der Waals surface area contributed by atoms with Gasteiger partial charge in [-0.05, 0) is 23.8 Å². The lowest BCUT2D eigenvalue weighted by molar-refractivity contribution is -0.136. The minimum Gasteiger partial charge on any atom is -0.321 e. The molecule has 3 rings (SSSR count). The van der Waals surface area contributed by atoms with Crippen molar-refractivity contribution in [2.75, 3.05) is 5.43 Å². The second-order valence-corrected chi connectivity index (χ2v) is 5.69. The first-order chi connectivity index (χ1) is 10.6. The van der Waals surface area contributed by atoms with Gasteiger partial charge in [-0.1, -0.05) is 30.3 Å². The minimum atomic E-state index is -4.33. The van der Waals surface area contributed by atoms with E-state index in [0.29, 0.717) is 16.8 Å². The number of benzene rings is 2. The van der Waals surface area contributed by atoms with E-state index in [0.717, 1.165) is 17.0 Å². The molecule has 0 aliphatic heterocycles. The molecule has 0 bridgehead atoms. The molecule has 0 amide bonds. The van der Waals surface area contributed by atoms with Gasteiger partial charge in [-0.25, -0.2) is 5.43 Å². The number of thiophene rings is 1. The molecule has 6 heteroatoms. The van der Waals surface area contributed by atoms with Crippen LogP contribution >= 0.6 is 11.3 Å². The summed E-state index contributed by atoms with van der Waals surface area (Å²) in [6.45, 7) is 0.298. The Balaban J connectivity index is 1.83. The Labute approximate surface area is 129 Å². The fourth-order valence-corrected chi connectivity index (χ4v) is 3.29. The number of hydrazine groups is 1. The van der Waals surface area contributed by atoms with Crippen LogP contribution in [0.15, 0.2) is 53.9 Å². The maximum Gasteiger partial charge on any atom is 0.417 e. The highest BCUT2D eigenvalue weighted by Crippen LogP contribution is 2.39. The van der Waals surface area contributed by atoms with E-state index in [2.05, 4.69) is 10.9 Å². The Bertz CT molecular complexity index is 766. The van der Waals surface area contributed by atoms with E-state index in [4.69, 9.17) is 0 Å². The third-order valence-corrected chi connectivity index (χ3v) is 4.22. The summed E-state index contributed by atoms with van der Waals surface area (Å²) in [6, 6.07) is 14.6. The Kier molecular flexibility index (Phi) is 4.04. The van der Waals surface area contributed by atoms with Crippen molar-refractivity contribution in [2.24, 2.45) is 0 Å². The number of anilines is 1. The molecule has 3 aromatic rings. The van der Waals surface area contributed by atoms with E-state index < -0.39 is 11.7 Å². The number of rotatable bonds is 4. The van der Waals surface area contributed by atoms with E-state index in [1.165, 1.54) is 5.38 Å². The number of alkyl halides is 3. The number of halogens is 3. The molecule has 22 heavy (non-hydrogen) atoms. The predicted molar refractivity (Wildman–Crippen MR) is 83.7 cm³/mol. The smallest absolute Gasteiger partial charge is 0.321 e. The van der Waals surface area contributed by atoms with Gasteiger partial charge in [-0.2, -0.15) is 13.2 Å². The van der Waals surface area contributed by atoms with Crippen LogP contribution in [0.2, 0.25) is 0 Å². The van der Waals surface area contributed by atoms with Gasteiger partial charge in [-0.3, -0.25) is 0 Å². The van der Waals surface area contributed by atoms with Crippen molar-refractivity contribution < 1.29 is 13.2 Å². The lowest BCUT2D eigenvalue weighted by Gasteiger charge is -2.11. The summed E-state index contributed by atoms with van der Waals surface area (Å²) in [5, 5.41) is 1.46. The summed E-state index contributed by atoms with van der Waals surface area (Å²) in [6.07, 6.45) is -4.33. The molecule has 0 spiro atoms. The Morgan fingerprint density at radius 1 is 0.955 bits per heavy atom. The quantitative estimate of drug-likeness (QED) is 0.658. The summed E-state index contributed by atoms with van der Waals surface area (Å²) in [4.78, 5) is 0. The van der Waals surface area contributed by atoms with Gasteiger partial charge in [0.15, 0.2) is 0 Å². The van der Waals surface area contributed by atoms with Gasteiger partial charge in [0.2, 0.25) is 0 Å². The highest BCUT2D eigenvalue weighted by molar-refractivity contribution is 7.17. The van der Waals surface area contributed by atoms with E-state index >= 15 is 0 Å². The third kappa shape index (κ3) is 3.08.